The summed E-state index contributed by atoms with van der Waals surface area (Å²) >= 11 is 0. The van der Waals surface area contributed by atoms with Crippen molar-refractivity contribution in [3.8, 4) is 0 Å². The Kier molecular flexibility index (Phi) is 3.31. The van der Waals surface area contributed by atoms with E-state index in [1.54, 1.807) is 26.8 Å². The van der Waals surface area contributed by atoms with Crippen LogP contribution in [0, 0.1) is 0 Å². The van der Waals surface area contributed by atoms with Gasteiger partial charge in [-0.25, -0.2) is 4.79 Å². The Morgan fingerprint density at radius 3 is 2.87 bits per heavy atom. The molecule has 84 valence electrons. The first kappa shape index (κ1) is 11.5. The zero-order valence-corrected chi connectivity index (χ0v) is 9.07. The number of nitrogens with two attached hydrogens (primary N) is 1. The van der Waals surface area contributed by atoms with Gasteiger partial charge >= 0.3 is 6.09 Å². The van der Waals surface area contributed by atoms with Gasteiger partial charge in [0.25, 0.3) is 0 Å². The second kappa shape index (κ2) is 4.31. The highest BCUT2D eigenvalue weighted by Crippen LogP contribution is 2.07. The van der Waals surface area contributed by atoms with Gasteiger partial charge in [-0.05, 0) is 26.8 Å². The van der Waals surface area contributed by atoms with E-state index in [1.807, 2.05) is 0 Å². The van der Waals surface area contributed by atoms with Crippen LogP contribution in [0.5, 0.6) is 0 Å². The number of nitrogens with one attached hydrogen (secondary N) is 2. The highest BCUT2D eigenvalue weighted by atomic mass is 16.6. The largest absolute Gasteiger partial charge is 0.444 e. The van der Waals surface area contributed by atoms with E-state index in [2.05, 4.69) is 15.6 Å². The molecule has 4 N–H and O–H groups in total. The number of alkyl carbamates (subject to hydrolysis) is 1. The summed E-state index contributed by atoms with van der Waals surface area (Å²) in [5.74, 6) is 0.478. The van der Waals surface area contributed by atoms with E-state index in [9.17, 15) is 4.79 Å². The second-order valence-corrected chi connectivity index (χ2v) is 4.12. The predicted molar refractivity (Wildman–Crippen MR) is 57.1 cm³/mol. The van der Waals surface area contributed by atoms with E-state index in [4.69, 9.17) is 10.5 Å². The fourth-order valence-corrected chi connectivity index (χ4v) is 0.946. The van der Waals surface area contributed by atoms with Gasteiger partial charge in [-0.15, -0.1) is 0 Å². The number of nitrogens with zero attached hydrogens (tertiary/aromatic N) is 1. The molecular formula is C9H16N4O2. The second-order valence-electron chi connectivity index (χ2n) is 4.12. The van der Waals surface area contributed by atoms with Crippen LogP contribution in [0.15, 0.2) is 16.9 Å². The SMILES string of the molecule is CC(C)(C)OC(=O)NC1=CC(N)N=CN1. The summed E-state index contributed by atoms with van der Waals surface area (Å²) in [4.78, 5) is 15.2. The van der Waals surface area contributed by atoms with E-state index in [0.717, 1.165) is 0 Å². The normalized spacial score (nSPS) is 20.3. The molecule has 1 amide bonds. The Morgan fingerprint density at radius 1 is 1.67 bits per heavy atom. The summed E-state index contributed by atoms with van der Waals surface area (Å²) in [6, 6.07) is 0. The summed E-state index contributed by atoms with van der Waals surface area (Å²) in [5.41, 5.74) is 5.00. The molecule has 1 aliphatic heterocycles. The third-order valence-corrected chi connectivity index (χ3v) is 1.44. The first-order valence-electron chi connectivity index (χ1n) is 4.62. The summed E-state index contributed by atoms with van der Waals surface area (Å²) in [7, 11) is 0. The van der Waals surface area contributed by atoms with Crippen molar-refractivity contribution < 1.29 is 9.53 Å². The van der Waals surface area contributed by atoms with Gasteiger partial charge in [0.05, 0.1) is 6.34 Å². The zero-order valence-electron chi connectivity index (χ0n) is 9.07. The van der Waals surface area contributed by atoms with Crippen molar-refractivity contribution in [3.63, 3.8) is 0 Å². The average Bonchev–Trinajstić information content (AvgIpc) is 1.99. The monoisotopic (exact) mass is 212 g/mol. The van der Waals surface area contributed by atoms with Crippen molar-refractivity contribution in [1.82, 2.24) is 10.6 Å². The first-order chi connectivity index (χ1) is 6.87. The minimum atomic E-state index is -0.524. The number of aliphatic imine (C=N–C) groups is 1. The lowest BCUT2D eigenvalue weighted by molar-refractivity contribution is 0.0543. The molecule has 0 aromatic carbocycles. The molecule has 0 spiro atoms. The van der Waals surface area contributed by atoms with Crippen LogP contribution in [-0.2, 0) is 4.74 Å². The number of carbonyl (C=O) groups excluding carboxylic acids is 1. The van der Waals surface area contributed by atoms with Gasteiger partial charge in [-0.3, -0.25) is 10.3 Å². The minimum Gasteiger partial charge on any atom is -0.444 e. The fourth-order valence-electron chi connectivity index (χ4n) is 0.946. The fraction of sp³-hybridized carbons (Fsp3) is 0.556. The van der Waals surface area contributed by atoms with Crippen molar-refractivity contribution in [2.45, 2.75) is 32.5 Å². The van der Waals surface area contributed by atoms with Crippen LogP contribution in [0.3, 0.4) is 0 Å². The lowest BCUT2D eigenvalue weighted by Gasteiger charge is -2.21. The molecule has 1 atom stereocenters. The highest BCUT2D eigenvalue weighted by molar-refractivity contribution is 5.72. The molecule has 6 nitrogen and oxygen atoms in total. The van der Waals surface area contributed by atoms with Crippen LogP contribution in [-0.4, -0.2) is 24.2 Å². The van der Waals surface area contributed by atoms with Crippen LogP contribution in [0.4, 0.5) is 4.79 Å². The van der Waals surface area contributed by atoms with Gasteiger partial charge in [0.1, 0.15) is 17.6 Å². The molecule has 15 heavy (non-hydrogen) atoms. The number of carbonyl (C=O) groups is 1. The lowest BCUT2D eigenvalue weighted by atomic mass is 10.2. The maximum absolute atomic E-state index is 11.3. The Balaban J connectivity index is 2.45. The Hall–Kier alpha value is -1.56. The average molecular weight is 212 g/mol. The molecule has 0 saturated heterocycles. The van der Waals surface area contributed by atoms with Gasteiger partial charge in [0.15, 0.2) is 0 Å². The van der Waals surface area contributed by atoms with Gasteiger partial charge in [0, 0.05) is 0 Å². The molecular weight excluding hydrogens is 196 g/mol. The Bertz CT molecular complexity index is 304. The smallest absolute Gasteiger partial charge is 0.413 e. The van der Waals surface area contributed by atoms with E-state index in [0.29, 0.717) is 5.82 Å². The molecule has 0 aromatic heterocycles. The number of rotatable bonds is 1. The summed E-state index contributed by atoms with van der Waals surface area (Å²) in [6.07, 6.45) is 2.06. The van der Waals surface area contributed by atoms with E-state index in [1.165, 1.54) is 6.34 Å². The number of hydrogen-bond donors (Lipinski definition) is 3. The molecule has 0 aliphatic carbocycles. The quantitative estimate of drug-likeness (QED) is 0.582. The number of amides is 1. The van der Waals surface area contributed by atoms with Crippen LogP contribution >= 0.6 is 0 Å². The molecule has 1 unspecified atom stereocenters. The maximum atomic E-state index is 11.3. The third kappa shape index (κ3) is 4.46. The maximum Gasteiger partial charge on any atom is 0.413 e. The molecule has 0 aromatic rings. The molecule has 1 aliphatic rings. The van der Waals surface area contributed by atoms with Crippen molar-refractivity contribution in [3.05, 3.63) is 11.9 Å². The summed E-state index contributed by atoms with van der Waals surface area (Å²) in [6.45, 7) is 5.38. The lowest BCUT2D eigenvalue weighted by Crippen LogP contribution is -2.39. The molecule has 0 bridgehead atoms. The Morgan fingerprint density at radius 2 is 2.33 bits per heavy atom. The number of ether oxygens (including phenoxy) is 1. The molecule has 1 rings (SSSR count). The third-order valence-electron chi connectivity index (χ3n) is 1.44. The van der Waals surface area contributed by atoms with Crippen LogP contribution in [0.2, 0.25) is 0 Å². The number of hydrogen-bond acceptors (Lipinski definition) is 5. The van der Waals surface area contributed by atoms with Crippen LogP contribution in [0.1, 0.15) is 20.8 Å². The van der Waals surface area contributed by atoms with Crippen LogP contribution < -0.4 is 16.4 Å². The zero-order chi connectivity index (χ0) is 11.5. The predicted octanol–water partition coefficient (Wildman–Crippen LogP) is 0.269. The van der Waals surface area contributed by atoms with Crippen molar-refractivity contribution in [1.29, 1.82) is 0 Å². The van der Waals surface area contributed by atoms with E-state index in [-0.39, 0.29) is 0 Å². The molecule has 1 heterocycles. The topological polar surface area (TPSA) is 88.7 Å². The highest BCUT2D eigenvalue weighted by Gasteiger charge is 2.17. The minimum absolute atomic E-state index is 0.434. The molecule has 0 fully saturated rings. The molecule has 0 saturated carbocycles. The van der Waals surface area contributed by atoms with E-state index >= 15 is 0 Å². The molecule has 6 heteroatoms. The van der Waals surface area contributed by atoms with Crippen molar-refractivity contribution in [2.24, 2.45) is 10.7 Å². The first-order valence-corrected chi connectivity index (χ1v) is 4.62. The van der Waals surface area contributed by atoms with E-state index < -0.39 is 17.9 Å². The standard InChI is InChI=1S/C9H16N4O2/c1-9(2,3)15-8(14)13-7-4-6(10)11-5-12-7/h4-6H,10H2,1-3H3,(H,11,12)(H,13,14). The van der Waals surface area contributed by atoms with Gasteiger partial charge in [-0.1, -0.05) is 0 Å². The van der Waals surface area contributed by atoms with Crippen molar-refractivity contribution in [2.75, 3.05) is 0 Å². The summed E-state index contributed by atoms with van der Waals surface area (Å²) in [5, 5.41) is 5.27. The van der Waals surface area contributed by atoms with Gasteiger partial charge in [-0.2, -0.15) is 0 Å². The van der Waals surface area contributed by atoms with Crippen molar-refractivity contribution >= 4 is 12.4 Å². The molecule has 0 radical (unpaired) electrons. The Labute approximate surface area is 88.6 Å². The summed E-state index contributed by atoms with van der Waals surface area (Å²) < 4.78 is 5.06. The van der Waals surface area contributed by atoms with Gasteiger partial charge < -0.3 is 15.8 Å². The van der Waals surface area contributed by atoms with Crippen LogP contribution in [0.25, 0.3) is 0 Å². The van der Waals surface area contributed by atoms with Gasteiger partial charge in [0.2, 0.25) is 0 Å².